The normalized spacial score (nSPS) is 12.7. The van der Waals surface area contributed by atoms with Gasteiger partial charge in [0.15, 0.2) is 0 Å². The van der Waals surface area contributed by atoms with Gasteiger partial charge in [0, 0.05) is 6.54 Å². The van der Waals surface area contributed by atoms with Crippen LogP contribution in [0.1, 0.15) is 11.1 Å². The van der Waals surface area contributed by atoms with E-state index in [1.54, 1.807) is 24.3 Å². The number of hydrogen-bond acceptors (Lipinski definition) is 3. The third kappa shape index (κ3) is 3.97. The maximum atomic E-state index is 12.0. The SMILES string of the molecule is NCCc1ccc(CNS(=O)(=O)C(F)(F)F)cc1. The summed E-state index contributed by atoms with van der Waals surface area (Å²) in [5.74, 6) is 0. The third-order valence-electron chi connectivity index (χ3n) is 2.23. The molecular formula is C10H13F3N2O2S. The quantitative estimate of drug-likeness (QED) is 0.850. The Morgan fingerprint density at radius 2 is 1.61 bits per heavy atom. The number of alkyl halides is 3. The first-order chi connectivity index (χ1) is 8.26. The van der Waals surface area contributed by atoms with Gasteiger partial charge in [-0.1, -0.05) is 24.3 Å². The highest BCUT2D eigenvalue weighted by Gasteiger charge is 2.45. The summed E-state index contributed by atoms with van der Waals surface area (Å²) in [7, 11) is -5.29. The number of hydrogen-bond donors (Lipinski definition) is 2. The zero-order chi connectivity index (χ0) is 13.8. The van der Waals surface area contributed by atoms with E-state index < -0.39 is 22.1 Å². The first-order valence-electron chi connectivity index (χ1n) is 5.10. The maximum Gasteiger partial charge on any atom is 0.511 e. The Kier molecular flexibility index (Phi) is 4.71. The molecule has 0 fully saturated rings. The molecule has 0 aromatic heterocycles. The van der Waals surface area contributed by atoms with E-state index in [0.29, 0.717) is 18.5 Å². The molecule has 18 heavy (non-hydrogen) atoms. The van der Waals surface area contributed by atoms with Crippen molar-refractivity contribution >= 4 is 10.0 Å². The van der Waals surface area contributed by atoms with Gasteiger partial charge in [0.05, 0.1) is 0 Å². The van der Waals surface area contributed by atoms with Gasteiger partial charge in [-0.2, -0.15) is 13.2 Å². The highest BCUT2D eigenvalue weighted by molar-refractivity contribution is 7.90. The third-order valence-corrected chi connectivity index (χ3v) is 3.36. The molecule has 0 aliphatic rings. The van der Waals surface area contributed by atoms with E-state index in [-0.39, 0.29) is 0 Å². The fourth-order valence-corrected chi connectivity index (χ4v) is 1.77. The molecule has 0 heterocycles. The summed E-state index contributed by atoms with van der Waals surface area (Å²) < 4.78 is 59.1. The van der Waals surface area contributed by atoms with Crippen LogP contribution in [0.25, 0.3) is 0 Å². The first-order valence-corrected chi connectivity index (χ1v) is 6.58. The van der Waals surface area contributed by atoms with Crippen molar-refractivity contribution in [3.63, 3.8) is 0 Å². The van der Waals surface area contributed by atoms with Crippen LogP contribution in [0.5, 0.6) is 0 Å². The van der Waals surface area contributed by atoms with Crippen molar-refractivity contribution in [2.75, 3.05) is 6.54 Å². The molecule has 0 atom stereocenters. The molecule has 1 rings (SSSR count). The average Bonchev–Trinajstić information content (AvgIpc) is 2.27. The second-order valence-electron chi connectivity index (χ2n) is 3.63. The molecular weight excluding hydrogens is 269 g/mol. The van der Waals surface area contributed by atoms with E-state index in [1.807, 2.05) is 0 Å². The van der Waals surface area contributed by atoms with Gasteiger partial charge in [-0.25, -0.2) is 13.1 Å². The summed E-state index contributed by atoms with van der Waals surface area (Å²) in [4.78, 5) is 0. The molecule has 0 saturated carbocycles. The molecule has 102 valence electrons. The fraction of sp³-hybridized carbons (Fsp3) is 0.400. The van der Waals surface area contributed by atoms with E-state index in [0.717, 1.165) is 5.56 Å². The molecule has 0 radical (unpaired) electrons. The molecule has 1 aromatic carbocycles. The molecule has 0 aliphatic carbocycles. The molecule has 1 aromatic rings. The zero-order valence-electron chi connectivity index (χ0n) is 9.37. The van der Waals surface area contributed by atoms with Gasteiger partial charge in [0.1, 0.15) is 0 Å². The Balaban J connectivity index is 2.65. The van der Waals surface area contributed by atoms with Crippen molar-refractivity contribution in [1.82, 2.24) is 4.72 Å². The van der Waals surface area contributed by atoms with Crippen LogP contribution in [0.4, 0.5) is 13.2 Å². The van der Waals surface area contributed by atoms with Gasteiger partial charge in [-0.3, -0.25) is 0 Å². The van der Waals surface area contributed by atoms with Gasteiger partial charge in [-0.05, 0) is 24.1 Å². The summed E-state index contributed by atoms with van der Waals surface area (Å²) in [5, 5.41) is 0. The Morgan fingerprint density at radius 1 is 1.11 bits per heavy atom. The van der Waals surface area contributed by atoms with E-state index in [4.69, 9.17) is 5.73 Å². The first kappa shape index (κ1) is 14.9. The van der Waals surface area contributed by atoms with Gasteiger partial charge in [-0.15, -0.1) is 0 Å². The van der Waals surface area contributed by atoms with E-state index in [2.05, 4.69) is 0 Å². The van der Waals surface area contributed by atoms with Gasteiger partial charge < -0.3 is 5.73 Å². The predicted molar refractivity (Wildman–Crippen MR) is 61.0 cm³/mol. The van der Waals surface area contributed by atoms with Crippen LogP contribution in [0, 0.1) is 0 Å². The number of halogens is 3. The van der Waals surface area contributed by atoms with Crippen LogP contribution in [0.2, 0.25) is 0 Å². The van der Waals surface area contributed by atoms with Crippen molar-refractivity contribution in [3.05, 3.63) is 35.4 Å². The molecule has 0 unspecified atom stereocenters. The number of nitrogens with two attached hydrogens (primary N) is 1. The highest BCUT2D eigenvalue weighted by atomic mass is 32.2. The largest absolute Gasteiger partial charge is 0.511 e. The van der Waals surface area contributed by atoms with Crippen LogP contribution >= 0.6 is 0 Å². The summed E-state index contributed by atoms with van der Waals surface area (Å²) in [6.45, 7) is 0.0742. The van der Waals surface area contributed by atoms with Gasteiger partial charge in [0.25, 0.3) is 0 Å². The topological polar surface area (TPSA) is 72.2 Å². The Bertz CT molecular complexity index is 483. The maximum absolute atomic E-state index is 12.0. The Labute approximate surface area is 103 Å². The molecule has 8 heteroatoms. The number of rotatable bonds is 5. The lowest BCUT2D eigenvalue weighted by Crippen LogP contribution is -2.35. The smallest absolute Gasteiger partial charge is 0.330 e. The predicted octanol–water partition coefficient (Wildman–Crippen LogP) is 1.13. The lowest BCUT2D eigenvalue weighted by Gasteiger charge is -2.09. The molecule has 0 aliphatic heterocycles. The number of benzene rings is 1. The number of nitrogens with one attached hydrogen (secondary N) is 1. The van der Waals surface area contributed by atoms with Crippen molar-refractivity contribution in [3.8, 4) is 0 Å². The van der Waals surface area contributed by atoms with Crippen molar-refractivity contribution in [1.29, 1.82) is 0 Å². The monoisotopic (exact) mass is 282 g/mol. The lowest BCUT2D eigenvalue weighted by molar-refractivity contribution is -0.0448. The minimum atomic E-state index is -5.29. The molecule has 0 spiro atoms. The molecule has 0 amide bonds. The molecule has 0 bridgehead atoms. The van der Waals surface area contributed by atoms with Crippen molar-refractivity contribution in [2.24, 2.45) is 5.73 Å². The van der Waals surface area contributed by atoms with Crippen molar-refractivity contribution in [2.45, 2.75) is 18.5 Å². The van der Waals surface area contributed by atoms with E-state index >= 15 is 0 Å². The summed E-state index contributed by atoms with van der Waals surface area (Å²) >= 11 is 0. The van der Waals surface area contributed by atoms with Crippen LogP contribution in [-0.2, 0) is 23.0 Å². The standard InChI is InChI=1S/C10H13F3N2O2S/c11-10(12,13)18(16,17)15-7-9-3-1-8(2-4-9)5-6-14/h1-4,15H,5-7,14H2. The van der Waals surface area contributed by atoms with Gasteiger partial charge in [0.2, 0.25) is 0 Å². The lowest BCUT2D eigenvalue weighted by atomic mass is 10.1. The summed E-state index contributed by atoms with van der Waals surface area (Å²) in [6.07, 6.45) is 0.661. The van der Waals surface area contributed by atoms with Gasteiger partial charge >= 0.3 is 15.5 Å². The van der Waals surface area contributed by atoms with Crippen molar-refractivity contribution < 1.29 is 21.6 Å². The number of sulfonamides is 1. The van der Waals surface area contributed by atoms with E-state index in [1.165, 1.54) is 4.72 Å². The zero-order valence-corrected chi connectivity index (χ0v) is 10.2. The molecule has 3 N–H and O–H groups in total. The summed E-state index contributed by atoms with van der Waals surface area (Å²) in [5.41, 5.74) is 1.45. The second kappa shape index (κ2) is 5.68. The van der Waals surface area contributed by atoms with Crippen LogP contribution < -0.4 is 10.5 Å². The van der Waals surface area contributed by atoms with Crippen LogP contribution in [0.3, 0.4) is 0 Å². The molecule has 0 saturated heterocycles. The van der Waals surface area contributed by atoms with E-state index in [9.17, 15) is 21.6 Å². The van der Waals surface area contributed by atoms with Crippen LogP contribution in [0.15, 0.2) is 24.3 Å². The summed E-state index contributed by atoms with van der Waals surface area (Å²) in [6, 6.07) is 6.52. The highest BCUT2D eigenvalue weighted by Crippen LogP contribution is 2.21. The molecule has 4 nitrogen and oxygen atoms in total. The Morgan fingerprint density at radius 3 is 2.06 bits per heavy atom. The minimum absolute atomic E-state index is 0.398. The fourth-order valence-electron chi connectivity index (χ4n) is 1.25. The minimum Gasteiger partial charge on any atom is -0.330 e. The van der Waals surface area contributed by atoms with Crippen LogP contribution in [-0.4, -0.2) is 20.5 Å². The Hall–Kier alpha value is -1.12. The second-order valence-corrected chi connectivity index (χ2v) is 5.38. The average molecular weight is 282 g/mol.